The van der Waals surface area contributed by atoms with Gasteiger partial charge in [0.05, 0.1) is 24.3 Å². The standard InChI is InChI=1S/C25H32ClN3O4/c1-24(2)22(27-29(23(24)31)16-8-12-28(13-9-16)20(30)15-26)17-6-7-19(32-3)21-18(17)14-25(33-21)10-4-5-11-25/h6-7,16H,4-5,8-15H2,1-3H3. The van der Waals surface area contributed by atoms with Gasteiger partial charge in [-0.1, -0.05) is 0 Å². The lowest BCUT2D eigenvalue weighted by molar-refractivity contribution is -0.139. The fraction of sp³-hybridized carbons (Fsp3) is 0.640. The molecule has 1 saturated heterocycles. The minimum absolute atomic E-state index is 0.00517. The fourth-order valence-corrected chi connectivity index (χ4v) is 6.07. The van der Waals surface area contributed by atoms with Crippen LogP contribution < -0.4 is 9.47 Å². The van der Waals surface area contributed by atoms with Crippen LogP contribution in [0.2, 0.25) is 0 Å². The maximum absolute atomic E-state index is 13.5. The van der Waals surface area contributed by atoms with Gasteiger partial charge in [-0.3, -0.25) is 9.59 Å². The molecule has 1 aromatic carbocycles. The van der Waals surface area contributed by atoms with Crippen molar-refractivity contribution < 1.29 is 19.1 Å². The van der Waals surface area contributed by atoms with E-state index in [1.165, 1.54) is 12.8 Å². The van der Waals surface area contributed by atoms with Crippen LogP contribution in [0.25, 0.3) is 0 Å². The first-order valence-corrected chi connectivity index (χ1v) is 12.5. The second kappa shape index (κ2) is 8.19. The van der Waals surface area contributed by atoms with Gasteiger partial charge in [-0.2, -0.15) is 5.10 Å². The van der Waals surface area contributed by atoms with Crippen molar-refractivity contribution in [3.05, 3.63) is 23.3 Å². The second-order valence-corrected chi connectivity index (χ2v) is 10.5. The number of carbonyl (C=O) groups is 2. The number of hydrogen-bond acceptors (Lipinski definition) is 5. The highest BCUT2D eigenvalue weighted by molar-refractivity contribution is 6.27. The van der Waals surface area contributed by atoms with Gasteiger partial charge in [-0.15, -0.1) is 11.6 Å². The summed E-state index contributed by atoms with van der Waals surface area (Å²) in [6.45, 7) is 5.11. The molecule has 1 aliphatic carbocycles. The van der Waals surface area contributed by atoms with Gasteiger partial charge in [-0.25, -0.2) is 5.01 Å². The van der Waals surface area contributed by atoms with E-state index in [1.54, 1.807) is 17.0 Å². The molecule has 0 unspecified atom stereocenters. The Hall–Kier alpha value is -2.28. The van der Waals surface area contributed by atoms with Crippen molar-refractivity contribution >= 4 is 29.1 Å². The quantitative estimate of drug-likeness (QED) is 0.624. The molecule has 5 rings (SSSR count). The number of ether oxygens (including phenoxy) is 2. The molecular weight excluding hydrogens is 442 g/mol. The lowest BCUT2D eigenvalue weighted by atomic mass is 9.80. The summed E-state index contributed by atoms with van der Waals surface area (Å²) in [5, 5.41) is 6.60. The third-order valence-electron chi connectivity index (χ3n) is 7.85. The van der Waals surface area contributed by atoms with Gasteiger partial charge in [0.25, 0.3) is 5.91 Å². The van der Waals surface area contributed by atoms with Gasteiger partial charge in [0.2, 0.25) is 5.91 Å². The normalized spacial score (nSPS) is 23.6. The molecule has 1 aromatic rings. The van der Waals surface area contributed by atoms with Crippen molar-refractivity contribution in [1.82, 2.24) is 9.91 Å². The number of fused-ring (bicyclic) bond motifs is 1. The Labute approximate surface area is 200 Å². The summed E-state index contributed by atoms with van der Waals surface area (Å²) in [5.41, 5.74) is 2.01. The maximum Gasteiger partial charge on any atom is 0.254 e. The first-order valence-electron chi connectivity index (χ1n) is 12.0. The van der Waals surface area contributed by atoms with E-state index < -0.39 is 5.41 Å². The van der Waals surface area contributed by atoms with Crippen LogP contribution in [0.1, 0.15) is 63.5 Å². The summed E-state index contributed by atoms with van der Waals surface area (Å²) in [6.07, 6.45) is 6.68. The van der Waals surface area contributed by atoms with Crippen LogP contribution in [0.4, 0.5) is 0 Å². The SMILES string of the molecule is COc1ccc(C2=NN(C3CCN(C(=O)CCl)CC3)C(=O)C2(C)C)c2c1OC1(CCCC1)C2. The Bertz CT molecular complexity index is 1010. The van der Waals surface area contributed by atoms with E-state index in [0.29, 0.717) is 25.9 Å². The summed E-state index contributed by atoms with van der Waals surface area (Å²) in [7, 11) is 1.67. The summed E-state index contributed by atoms with van der Waals surface area (Å²) >= 11 is 5.71. The van der Waals surface area contributed by atoms with E-state index in [1.807, 2.05) is 26.0 Å². The van der Waals surface area contributed by atoms with E-state index in [4.69, 9.17) is 26.2 Å². The van der Waals surface area contributed by atoms with E-state index in [9.17, 15) is 9.59 Å². The van der Waals surface area contributed by atoms with E-state index in [-0.39, 0.29) is 29.3 Å². The number of hydrogen-bond donors (Lipinski definition) is 0. The van der Waals surface area contributed by atoms with Gasteiger partial charge in [0.1, 0.15) is 11.5 Å². The molecule has 1 spiro atoms. The monoisotopic (exact) mass is 473 g/mol. The Balaban J connectivity index is 1.47. The molecule has 4 aliphatic rings. The van der Waals surface area contributed by atoms with E-state index in [2.05, 4.69) is 0 Å². The number of amides is 2. The molecule has 178 valence electrons. The topological polar surface area (TPSA) is 71.4 Å². The first-order chi connectivity index (χ1) is 15.8. The molecule has 3 heterocycles. The third-order valence-corrected chi connectivity index (χ3v) is 8.08. The average Bonchev–Trinajstić information content (AvgIpc) is 3.50. The van der Waals surface area contributed by atoms with Crippen LogP contribution in [-0.2, 0) is 16.0 Å². The van der Waals surface area contributed by atoms with Crippen molar-refractivity contribution in [2.75, 3.05) is 26.1 Å². The molecule has 0 N–H and O–H groups in total. The first kappa shape index (κ1) is 22.5. The predicted octanol–water partition coefficient (Wildman–Crippen LogP) is 3.75. The molecule has 8 heteroatoms. The van der Waals surface area contributed by atoms with Crippen LogP contribution in [0.5, 0.6) is 11.5 Å². The number of methoxy groups -OCH3 is 1. The number of alkyl halides is 1. The number of piperidine rings is 1. The molecule has 0 atom stereocenters. The number of benzene rings is 1. The Morgan fingerprint density at radius 1 is 1.24 bits per heavy atom. The number of carbonyl (C=O) groups excluding carboxylic acids is 2. The second-order valence-electron chi connectivity index (χ2n) is 10.3. The Kier molecular flexibility index (Phi) is 5.58. The lowest BCUT2D eigenvalue weighted by Crippen LogP contribution is -2.48. The van der Waals surface area contributed by atoms with Crippen LogP contribution >= 0.6 is 11.6 Å². The highest BCUT2D eigenvalue weighted by atomic mass is 35.5. The number of likely N-dealkylation sites (tertiary alicyclic amines) is 1. The zero-order valence-electron chi connectivity index (χ0n) is 19.7. The summed E-state index contributed by atoms with van der Waals surface area (Å²) in [5.74, 6) is 1.51. The molecule has 0 bridgehead atoms. The van der Waals surface area contributed by atoms with Crippen molar-refractivity contribution in [3.63, 3.8) is 0 Å². The highest BCUT2D eigenvalue weighted by Gasteiger charge is 2.50. The summed E-state index contributed by atoms with van der Waals surface area (Å²) in [4.78, 5) is 27.2. The van der Waals surface area contributed by atoms with Crippen molar-refractivity contribution in [2.24, 2.45) is 10.5 Å². The Morgan fingerprint density at radius 3 is 2.58 bits per heavy atom. The minimum atomic E-state index is -0.739. The molecule has 1 saturated carbocycles. The number of hydrazone groups is 1. The van der Waals surface area contributed by atoms with E-state index in [0.717, 1.165) is 47.6 Å². The summed E-state index contributed by atoms with van der Waals surface area (Å²) in [6, 6.07) is 3.95. The molecule has 7 nitrogen and oxygen atoms in total. The predicted molar refractivity (Wildman–Crippen MR) is 126 cm³/mol. The smallest absolute Gasteiger partial charge is 0.254 e. The Morgan fingerprint density at radius 2 is 1.94 bits per heavy atom. The molecule has 3 aliphatic heterocycles. The van der Waals surface area contributed by atoms with Gasteiger partial charge in [0, 0.05) is 30.6 Å². The van der Waals surface area contributed by atoms with Crippen LogP contribution in [0, 0.1) is 5.41 Å². The molecule has 0 aromatic heterocycles. The van der Waals surface area contributed by atoms with Gasteiger partial charge in [-0.05, 0) is 64.5 Å². The fourth-order valence-electron chi connectivity index (χ4n) is 5.90. The van der Waals surface area contributed by atoms with Crippen LogP contribution in [-0.4, -0.2) is 65.2 Å². The zero-order chi connectivity index (χ0) is 23.4. The zero-order valence-corrected chi connectivity index (χ0v) is 20.4. The van der Waals surface area contributed by atoms with E-state index >= 15 is 0 Å². The van der Waals surface area contributed by atoms with Crippen molar-refractivity contribution in [2.45, 2.75) is 70.4 Å². The molecule has 2 amide bonds. The van der Waals surface area contributed by atoms with Crippen molar-refractivity contribution in [3.8, 4) is 11.5 Å². The van der Waals surface area contributed by atoms with Crippen molar-refractivity contribution in [1.29, 1.82) is 0 Å². The van der Waals surface area contributed by atoms with Crippen LogP contribution in [0.3, 0.4) is 0 Å². The molecule has 33 heavy (non-hydrogen) atoms. The molecule has 2 fully saturated rings. The van der Waals surface area contributed by atoms with Gasteiger partial charge < -0.3 is 14.4 Å². The summed E-state index contributed by atoms with van der Waals surface area (Å²) < 4.78 is 12.2. The maximum atomic E-state index is 13.5. The van der Waals surface area contributed by atoms with Gasteiger partial charge in [0.15, 0.2) is 11.5 Å². The number of halogens is 1. The lowest BCUT2D eigenvalue weighted by Gasteiger charge is -2.35. The van der Waals surface area contributed by atoms with Gasteiger partial charge >= 0.3 is 0 Å². The number of rotatable bonds is 4. The molecular formula is C25H32ClN3O4. The highest BCUT2D eigenvalue weighted by Crippen LogP contribution is 2.51. The number of nitrogens with zero attached hydrogens (tertiary/aromatic N) is 3. The molecule has 0 radical (unpaired) electrons. The largest absolute Gasteiger partial charge is 0.493 e. The minimum Gasteiger partial charge on any atom is -0.493 e. The average molecular weight is 474 g/mol. The van der Waals surface area contributed by atoms with Crippen LogP contribution in [0.15, 0.2) is 17.2 Å². The third kappa shape index (κ3) is 3.59.